The van der Waals surface area contributed by atoms with Crippen LogP contribution in [-0.2, 0) is 0 Å². The molecule has 0 saturated carbocycles. The fourth-order valence-corrected chi connectivity index (χ4v) is 1.82. The van der Waals surface area contributed by atoms with Crippen molar-refractivity contribution in [3.8, 4) is 11.3 Å². The molecule has 0 bridgehead atoms. The minimum absolute atomic E-state index is 0.532. The van der Waals surface area contributed by atoms with Crippen LogP contribution in [0.1, 0.15) is 0 Å². The molecule has 1 heterocycles. The lowest BCUT2D eigenvalue weighted by Crippen LogP contribution is -1.93. The number of aromatic nitrogens is 1. The Hall–Kier alpha value is -1.25. The van der Waals surface area contributed by atoms with Crippen molar-refractivity contribution in [1.82, 2.24) is 4.98 Å². The van der Waals surface area contributed by atoms with Crippen LogP contribution in [0, 0.1) is 0 Å². The molecule has 2 rings (SSSR count). The van der Waals surface area contributed by atoms with Gasteiger partial charge >= 0.3 is 0 Å². The molecule has 0 spiro atoms. The van der Waals surface area contributed by atoms with Gasteiger partial charge in [0.2, 0.25) is 0 Å². The second kappa shape index (κ2) is 4.73. The zero-order valence-electron chi connectivity index (χ0n) is 8.67. The predicted octanol–water partition coefficient (Wildman–Crippen LogP) is 4.10. The zero-order chi connectivity index (χ0) is 11.5. The van der Waals surface area contributed by atoms with E-state index in [1.54, 1.807) is 6.07 Å². The summed E-state index contributed by atoms with van der Waals surface area (Å²) in [6.07, 6.45) is 0. The molecule has 0 atom stereocenters. The number of pyridine rings is 1. The molecular weight excluding hydrogens is 243 g/mol. The Labute approximate surface area is 104 Å². The Morgan fingerprint density at radius 3 is 2.56 bits per heavy atom. The van der Waals surface area contributed by atoms with E-state index in [0.717, 1.165) is 17.1 Å². The molecule has 16 heavy (non-hydrogen) atoms. The molecule has 0 aliphatic carbocycles. The van der Waals surface area contributed by atoms with Gasteiger partial charge in [0.25, 0.3) is 0 Å². The number of benzene rings is 1. The number of nitrogens with one attached hydrogen (secondary N) is 1. The highest BCUT2D eigenvalue weighted by molar-refractivity contribution is 6.43. The van der Waals surface area contributed by atoms with Gasteiger partial charge in [-0.2, -0.15) is 0 Å². The number of hydrogen-bond acceptors (Lipinski definition) is 2. The van der Waals surface area contributed by atoms with Crippen LogP contribution in [0.2, 0.25) is 10.0 Å². The molecule has 0 aliphatic heterocycles. The molecule has 0 aliphatic rings. The van der Waals surface area contributed by atoms with E-state index in [0.29, 0.717) is 10.0 Å². The van der Waals surface area contributed by atoms with Crippen molar-refractivity contribution in [2.75, 3.05) is 12.4 Å². The van der Waals surface area contributed by atoms with Gasteiger partial charge in [-0.15, -0.1) is 0 Å². The van der Waals surface area contributed by atoms with Crippen LogP contribution in [0.15, 0.2) is 36.4 Å². The van der Waals surface area contributed by atoms with Gasteiger partial charge in [-0.3, -0.25) is 0 Å². The van der Waals surface area contributed by atoms with Gasteiger partial charge in [0.15, 0.2) is 0 Å². The summed E-state index contributed by atoms with van der Waals surface area (Å²) in [5.41, 5.74) is 1.64. The van der Waals surface area contributed by atoms with Gasteiger partial charge < -0.3 is 5.32 Å². The Morgan fingerprint density at radius 1 is 1.06 bits per heavy atom. The lowest BCUT2D eigenvalue weighted by atomic mass is 10.1. The first-order valence-electron chi connectivity index (χ1n) is 4.81. The van der Waals surface area contributed by atoms with Crippen LogP contribution >= 0.6 is 23.2 Å². The average molecular weight is 253 g/mol. The summed E-state index contributed by atoms with van der Waals surface area (Å²) in [4.78, 5) is 4.41. The predicted molar refractivity (Wildman–Crippen MR) is 69.2 cm³/mol. The molecule has 0 amide bonds. The maximum Gasteiger partial charge on any atom is 0.126 e. The highest BCUT2D eigenvalue weighted by Crippen LogP contribution is 2.32. The molecule has 82 valence electrons. The summed E-state index contributed by atoms with van der Waals surface area (Å²) in [7, 11) is 1.83. The first-order valence-corrected chi connectivity index (χ1v) is 5.57. The molecule has 2 nitrogen and oxygen atoms in total. The summed E-state index contributed by atoms with van der Waals surface area (Å²) in [6.45, 7) is 0. The smallest absolute Gasteiger partial charge is 0.126 e. The molecule has 0 fully saturated rings. The summed E-state index contributed by atoms with van der Waals surface area (Å²) >= 11 is 12.1. The molecule has 0 saturated heterocycles. The quantitative estimate of drug-likeness (QED) is 0.871. The van der Waals surface area contributed by atoms with Gasteiger partial charge in [-0.1, -0.05) is 41.4 Å². The Morgan fingerprint density at radius 2 is 1.81 bits per heavy atom. The highest BCUT2D eigenvalue weighted by atomic mass is 35.5. The average Bonchev–Trinajstić information content (AvgIpc) is 2.33. The summed E-state index contributed by atoms with van der Waals surface area (Å²) < 4.78 is 0. The van der Waals surface area contributed by atoms with E-state index in [1.165, 1.54) is 0 Å². The first kappa shape index (κ1) is 11.2. The van der Waals surface area contributed by atoms with Crippen molar-refractivity contribution in [2.45, 2.75) is 0 Å². The van der Waals surface area contributed by atoms with E-state index in [4.69, 9.17) is 23.2 Å². The van der Waals surface area contributed by atoms with E-state index in [2.05, 4.69) is 10.3 Å². The van der Waals surface area contributed by atoms with Gasteiger partial charge in [0.05, 0.1) is 15.7 Å². The second-order valence-electron chi connectivity index (χ2n) is 3.26. The third-order valence-electron chi connectivity index (χ3n) is 2.23. The minimum Gasteiger partial charge on any atom is -0.373 e. The van der Waals surface area contributed by atoms with E-state index in [-0.39, 0.29) is 0 Å². The van der Waals surface area contributed by atoms with Crippen molar-refractivity contribution in [2.24, 2.45) is 0 Å². The van der Waals surface area contributed by atoms with E-state index < -0.39 is 0 Å². The van der Waals surface area contributed by atoms with E-state index in [1.807, 2.05) is 37.4 Å². The van der Waals surface area contributed by atoms with Crippen LogP contribution in [0.5, 0.6) is 0 Å². The van der Waals surface area contributed by atoms with Gasteiger partial charge in [-0.25, -0.2) is 4.98 Å². The number of rotatable bonds is 2. The standard InChI is InChI=1S/C12H10Cl2N2/c1-15-11-7-3-6-10(16-11)8-4-2-5-9(13)12(8)14/h2-7H,1H3,(H,15,16). The molecule has 1 aromatic heterocycles. The van der Waals surface area contributed by atoms with Crippen molar-refractivity contribution in [3.63, 3.8) is 0 Å². The zero-order valence-corrected chi connectivity index (χ0v) is 10.2. The highest BCUT2D eigenvalue weighted by Gasteiger charge is 2.07. The lowest BCUT2D eigenvalue weighted by Gasteiger charge is -2.06. The number of halogens is 2. The molecule has 4 heteroatoms. The maximum absolute atomic E-state index is 6.13. The Kier molecular flexibility index (Phi) is 3.32. The van der Waals surface area contributed by atoms with E-state index in [9.17, 15) is 0 Å². The molecule has 1 N–H and O–H groups in total. The van der Waals surface area contributed by atoms with Gasteiger partial charge in [0, 0.05) is 12.6 Å². The minimum atomic E-state index is 0.532. The summed E-state index contributed by atoms with van der Waals surface area (Å²) in [5.74, 6) is 0.800. The summed E-state index contributed by atoms with van der Waals surface area (Å²) in [5, 5.41) is 4.05. The maximum atomic E-state index is 6.13. The van der Waals surface area contributed by atoms with Crippen molar-refractivity contribution in [3.05, 3.63) is 46.4 Å². The first-order chi connectivity index (χ1) is 7.72. The monoisotopic (exact) mass is 252 g/mol. The Balaban J connectivity index is 2.54. The van der Waals surface area contributed by atoms with Crippen LogP contribution < -0.4 is 5.32 Å². The largest absolute Gasteiger partial charge is 0.373 e. The molecule has 0 unspecified atom stereocenters. The molecule has 1 aromatic carbocycles. The van der Waals surface area contributed by atoms with Crippen LogP contribution in [-0.4, -0.2) is 12.0 Å². The number of nitrogens with zero attached hydrogens (tertiary/aromatic N) is 1. The third kappa shape index (κ3) is 2.13. The van der Waals surface area contributed by atoms with Crippen molar-refractivity contribution < 1.29 is 0 Å². The van der Waals surface area contributed by atoms with E-state index >= 15 is 0 Å². The van der Waals surface area contributed by atoms with Crippen molar-refractivity contribution >= 4 is 29.0 Å². The third-order valence-corrected chi connectivity index (χ3v) is 3.05. The normalized spacial score (nSPS) is 10.2. The van der Waals surface area contributed by atoms with Crippen molar-refractivity contribution in [1.29, 1.82) is 0 Å². The lowest BCUT2D eigenvalue weighted by molar-refractivity contribution is 1.29. The van der Waals surface area contributed by atoms with Gasteiger partial charge in [0.1, 0.15) is 5.82 Å². The second-order valence-corrected chi connectivity index (χ2v) is 4.04. The number of hydrogen-bond donors (Lipinski definition) is 1. The SMILES string of the molecule is CNc1cccc(-c2cccc(Cl)c2Cl)n1. The Bertz CT molecular complexity index is 512. The topological polar surface area (TPSA) is 24.9 Å². The van der Waals surface area contributed by atoms with Crippen LogP contribution in [0.25, 0.3) is 11.3 Å². The fraction of sp³-hybridized carbons (Fsp3) is 0.0833. The number of anilines is 1. The molecule has 0 radical (unpaired) electrons. The van der Waals surface area contributed by atoms with Crippen LogP contribution in [0.4, 0.5) is 5.82 Å². The fourth-order valence-electron chi connectivity index (χ4n) is 1.43. The van der Waals surface area contributed by atoms with Crippen LogP contribution in [0.3, 0.4) is 0 Å². The molecular formula is C12H10Cl2N2. The summed E-state index contributed by atoms with van der Waals surface area (Å²) in [6, 6.07) is 11.2. The molecule has 2 aromatic rings. The van der Waals surface area contributed by atoms with Gasteiger partial charge in [-0.05, 0) is 18.2 Å².